The third-order valence-corrected chi connectivity index (χ3v) is 1.92. The van der Waals surface area contributed by atoms with Crippen LogP contribution in [0.25, 0.3) is 0 Å². The summed E-state index contributed by atoms with van der Waals surface area (Å²) in [6.07, 6.45) is 2.67. The Morgan fingerprint density at radius 2 is 2.10 bits per heavy atom. The largest absolute Gasteiger partial charge is 0.322 e. The molecule has 0 aliphatic carbocycles. The van der Waals surface area contributed by atoms with E-state index in [4.69, 9.17) is 5.73 Å². The molecule has 2 N–H and O–H groups in total. The van der Waals surface area contributed by atoms with E-state index in [1.165, 1.54) is 0 Å². The average Bonchev–Trinajstić information content (AvgIpc) is 1.87. The molecule has 1 atom stereocenters. The smallest absolute Gasteiger partial charge is 0.136 e. The van der Waals surface area contributed by atoms with E-state index in [9.17, 15) is 4.79 Å². The summed E-state index contributed by atoms with van der Waals surface area (Å²) in [4.78, 5) is 10.2. The van der Waals surface area contributed by atoms with E-state index in [1.54, 1.807) is 0 Å². The first-order chi connectivity index (χ1) is 4.52. The lowest BCUT2D eigenvalue weighted by Crippen LogP contribution is -2.28. The van der Waals surface area contributed by atoms with Gasteiger partial charge in [0.2, 0.25) is 0 Å². The highest BCUT2D eigenvalue weighted by Gasteiger charge is 2.18. The number of nitrogens with two attached hydrogens (primary N) is 1. The van der Waals surface area contributed by atoms with Crippen LogP contribution in [-0.2, 0) is 4.79 Å². The molecule has 0 fully saturated rings. The van der Waals surface area contributed by atoms with Gasteiger partial charge in [-0.2, -0.15) is 0 Å². The molecule has 60 valence electrons. The fourth-order valence-corrected chi connectivity index (χ4v) is 0.831. The zero-order valence-corrected chi connectivity index (χ0v) is 7.05. The summed E-state index contributed by atoms with van der Waals surface area (Å²) in [5.74, 6) is 0. The van der Waals surface area contributed by atoms with Crippen LogP contribution >= 0.6 is 0 Å². The van der Waals surface area contributed by atoms with Gasteiger partial charge in [0.05, 0.1) is 6.04 Å². The molecule has 0 aromatic heterocycles. The minimum atomic E-state index is -0.282. The van der Waals surface area contributed by atoms with Gasteiger partial charge in [0.1, 0.15) is 6.29 Å². The van der Waals surface area contributed by atoms with Gasteiger partial charge >= 0.3 is 0 Å². The van der Waals surface area contributed by atoms with Crippen LogP contribution in [0.4, 0.5) is 0 Å². The zero-order chi connectivity index (χ0) is 8.20. The molecule has 0 aliphatic heterocycles. The molecule has 0 amide bonds. The van der Waals surface area contributed by atoms with Crippen molar-refractivity contribution in [3.8, 4) is 0 Å². The fraction of sp³-hybridized carbons (Fsp3) is 0.875. The summed E-state index contributed by atoms with van der Waals surface area (Å²) in [5.41, 5.74) is 5.68. The third kappa shape index (κ3) is 3.62. The molecule has 0 spiro atoms. The molecule has 0 saturated heterocycles. The number of carbonyl (C=O) groups is 1. The first-order valence-corrected chi connectivity index (χ1v) is 3.72. The molecule has 0 saturated carbocycles. The maximum atomic E-state index is 10.2. The summed E-state index contributed by atoms with van der Waals surface area (Å²) in [5, 5.41) is 0. The maximum Gasteiger partial charge on any atom is 0.136 e. The first-order valence-electron chi connectivity index (χ1n) is 3.72. The van der Waals surface area contributed by atoms with Gasteiger partial charge in [-0.1, -0.05) is 27.2 Å². The zero-order valence-electron chi connectivity index (χ0n) is 7.05. The van der Waals surface area contributed by atoms with Crippen LogP contribution in [0.15, 0.2) is 0 Å². The summed E-state index contributed by atoms with van der Waals surface area (Å²) < 4.78 is 0. The van der Waals surface area contributed by atoms with Crippen molar-refractivity contribution < 1.29 is 4.79 Å². The Balaban J connectivity index is 3.75. The minimum absolute atomic E-state index is 0.209. The Bertz CT molecular complexity index is 110. The van der Waals surface area contributed by atoms with Crippen LogP contribution in [0.1, 0.15) is 33.6 Å². The van der Waals surface area contributed by atoms with Gasteiger partial charge in [0.25, 0.3) is 0 Å². The maximum absolute atomic E-state index is 10.2. The molecule has 0 aromatic carbocycles. The second-order valence-electron chi connectivity index (χ2n) is 3.52. The van der Waals surface area contributed by atoms with Crippen LogP contribution in [-0.4, -0.2) is 12.3 Å². The van der Waals surface area contributed by atoms with Crippen LogP contribution in [0.5, 0.6) is 0 Å². The van der Waals surface area contributed by atoms with Gasteiger partial charge in [-0.05, 0) is 11.8 Å². The summed E-state index contributed by atoms with van der Waals surface area (Å²) in [7, 11) is 0. The molecule has 0 aromatic rings. The Kier molecular flexibility index (Phi) is 3.58. The number of carbonyl (C=O) groups excluding carboxylic acids is 1. The van der Waals surface area contributed by atoms with Gasteiger partial charge in [-0.25, -0.2) is 0 Å². The summed E-state index contributed by atoms with van der Waals surface area (Å²) in [6.45, 7) is 6.35. The number of hydrogen-bond acceptors (Lipinski definition) is 2. The van der Waals surface area contributed by atoms with Crippen LogP contribution in [0.3, 0.4) is 0 Å². The van der Waals surface area contributed by atoms with Crippen LogP contribution < -0.4 is 5.73 Å². The van der Waals surface area contributed by atoms with Crippen LogP contribution in [0.2, 0.25) is 0 Å². The normalized spacial score (nSPS) is 14.8. The minimum Gasteiger partial charge on any atom is -0.322 e. The van der Waals surface area contributed by atoms with Gasteiger partial charge in [-0.3, -0.25) is 0 Å². The van der Waals surface area contributed by atoms with Crippen molar-refractivity contribution in [3.05, 3.63) is 0 Å². The fourth-order valence-electron chi connectivity index (χ4n) is 0.831. The highest BCUT2D eigenvalue weighted by molar-refractivity contribution is 5.56. The standard InChI is InChI=1S/C8H17NO/c1-4-8(2,3)5-7(9)6-10/h6-7H,4-5,9H2,1-3H3/t7-/m0/s1. The highest BCUT2D eigenvalue weighted by Crippen LogP contribution is 2.24. The molecule has 0 radical (unpaired) electrons. The van der Waals surface area contributed by atoms with E-state index < -0.39 is 0 Å². The lowest BCUT2D eigenvalue weighted by atomic mass is 9.84. The van der Waals surface area contributed by atoms with Gasteiger partial charge < -0.3 is 10.5 Å². The van der Waals surface area contributed by atoms with Crippen molar-refractivity contribution in [1.82, 2.24) is 0 Å². The Hall–Kier alpha value is -0.370. The molecule has 0 bridgehead atoms. The molecular formula is C8H17NO. The quantitative estimate of drug-likeness (QED) is 0.603. The topological polar surface area (TPSA) is 43.1 Å². The van der Waals surface area contributed by atoms with Crippen molar-refractivity contribution in [2.75, 3.05) is 0 Å². The number of aldehydes is 1. The Morgan fingerprint density at radius 3 is 2.40 bits per heavy atom. The number of hydrogen-bond donors (Lipinski definition) is 1. The second kappa shape index (κ2) is 3.71. The predicted octanol–water partition coefficient (Wildman–Crippen LogP) is 1.34. The summed E-state index contributed by atoms with van der Waals surface area (Å²) in [6, 6.07) is -0.282. The summed E-state index contributed by atoms with van der Waals surface area (Å²) >= 11 is 0. The average molecular weight is 143 g/mol. The van der Waals surface area contributed by atoms with E-state index in [0.717, 1.165) is 19.1 Å². The van der Waals surface area contributed by atoms with E-state index in [2.05, 4.69) is 20.8 Å². The van der Waals surface area contributed by atoms with Crippen molar-refractivity contribution in [3.63, 3.8) is 0 Å². The van der Waals surface area contributed by atoms with Crippen LogP contribution in [0, 0.1) is 5.41 Å². The van der Waals surface area contributed by atoms with Crippen molar-refractivity contribution in [2.24, 2.45) is 11.1 Å². The van der Waals surface area contributed by atoms with E-state index >= 15 is 0 Å². The molecule has 0 heterocycles. The second-order valence-corrected chi connectivity index (χ2v) is 3.52. The van der Waals surface area contributed by atoms with Crippen molar-refractivity contribution in [2.45, 2.75) is 39.7 Å². The molecule has 0 rings (SSSR count). The van der Waals surface area contributed by atoms with Crippen molar-refractivity contribution >= 4 is 6.29 Å². The Morgan fingerprint density at radius 1 is 1.60 bits per heavy atom. The lowest BCUT2D eigenvalue weighted by Gasteiger charge is -2.23. The van der Waals surface area contributed by atoms with E-state index in [1.807, 2.05) is 0 Å². The molecule has 0 aliphatic rings. The SMILES string of the molecule is CCC(C)(C)C[C@H](N)C=O. The molecule has 2 nitrogen and oxygen atoms in total. The van der Waals surface area contributed by atoms with Gasteiger partial charge in [-0.15, -0.1) is 0 Å². The first kappa shape index (κ1) is 9.63. The predicted molar refractivity (Wildman–Crippen MR) is 42.7 cm³/mol. The van der Waals surface area contributed by atoms with E-state index in [0.29, 0.717) is 0 Å². The third-order valence-electron chi connectivity index (χ3n) is 1.92. The van der Waals surface area contributed by atoms with E-state index in [-0.39, 0.29) is 11.5 Å². The lowest BCUT2D eigenvalue weighted by molar-refractivity contribution is -0.109. The molecule has 0 unspecified atom stereocenters. The molecule has 2 heteroatoms. The molecule has 10 heavy (non-hydrogen) atoms. The monoisotopic (exact) mass is 143 g/mol. The van der Waals surface area contributed by atoms with Crippen molar-refractivity contribution in [1.29, 1.82) is 0 Å². The highest BCUT2D eigenvalue weighted by atomic mass is 16.1. The Labute approximate surface area is 62.8 Å². The molecular weight excluding hydrogens is 126 g/mol. The van der Waals surface area contributed by atoms with Gasteiger partial charge in [0, 0.05) is 0 Å². The number of rotatable bonds is 4. The van der Waals surface area contributed by atoms with Gasteiger partial charge in [0.15, 0.2) is 0 Å².